The Morgan fingerprint density at radius 3 is 2.50 bits per heavy atom. The summed E-state index contributed by atoms with van der Waals surface area (Å²) in [5.74, 6) is -0.0951. The maximum absolute atomic E-state index is 12.8. The molecule has 2 aromatic carbocycles. The van der Waals surface area contributed by atoms with Crippen LogP contribution in [0.25, 0.3) is 21.9 Å². The molecule has 1 saturated heterocycles. The lowest BCUT2D eigenvalue weighted by atomic mass is 9.99. The van der Waals surface area contributed by atoms with Gasteiger partial charge in [0.15, 0.2) is 11.5 Å². The van der Waals surface area contributed by atoms with Gasteiger partial charge in [-0.15, -0.1) is 0 Å². The topological polar surface area (TPSA) is 159 Å². The Morgan fingerprint density at radius 1 is 1.03 bits per heavy atom. The van der Waals surface area contributed by atoms with Crippen molar-refractivity contribution in [3.05, 3.63) is 40.6 Å². The number of hydrogen-bond donors (Lipinski definition) is 5. The molecule has 0 unspecified atom stereocenters. The molecule has 160 valence electrons. The number of fused-ring (bicyclic) bond motifs is 2. The lowest BCUT2D eigenvalue weighted by Crippen LogP contribution is -2.60. The molecule has 0 amide bonds. The normalized spacial score (nSPS) is 26.8. The fourth-order valence-electron chi connectivity index (χ4n) is 3.43. The molecule has 10 nitrogen and oxygen atoms in total. The van der Waals surface area contributed by atoms with Crippen LogP contribution in [0.5, 0.6) is 17.2 Å². The average Bonchev–Trinajstić information content (AvgIpc) is 2.73. The van der Waals surface area contributed by atoms with E-state index in [1.165, 1.54) is 37.4 Å². The summed E-state index contributed by atoms with van der Waals surface area (Å²) in [5.41, 5.74) is -0.183. The highest BCUT2D eigenvalue weighted by Gasteiger charge is 2.45. The van der Waals surface area contributed by atoms with Crippen molar-refractivity contribution in [2.45, 2.75) is 30.7 Å². The number of ether oxygens (including phenoxy) is 3. The van der Waals surface area contributed by atoms with E-state index in [4.69, 9.17) is 18.6 Å². The maximum atomic E-state index is 12.8. The second-order valence-electron chi connectivity index (χ2n) is 6.90. The number of aliphatic hydroxyl groups excluding tert-OH is 4. The predicted molar refractivity (Wildman–Crippen MR) is 103 cm³/mol. The highest BCUT2D eigenvalue weighted by Crippen LogP contribution is 2.36. The van der Waals surface area contributed by atoms with Crippen molar-refractivity contribution in [3.63, 3.8) is 0 Å². The Bertz CT molecular complexity index is 1140. The molecule has 10 heteroatoms. The highest BCUT2D eigenvalue weighted by atomic mass is 16.7. The smallest absolute Gasteiger partial charge is 0.229 e. The summed E-state index contributed by atoms with van der Waals surface area (Å²) in [5, 5.41) is 49.5. The molecule has 30 heavy (non-hydrogen) atoms. The number of aromatic hydroxyl groups is 1. The second-order valence-corrected chi connectivity index (χ2v) is 6.90. The lowest BCUT2D eigenvalue weighted by Gasteiger charge is -2.39. The number of aliphatic hydroxyl groups is 4. The molecule has 1 aliphatic rings. The summed E-state index contributed by atoms with van der Waals surface area (Å²) in [4.78, 5) is 12.8. The SMILES string of the molecule is COc1cc2c(=O)c3c(O)cccc3oc2cc1O[C@@H]1O[C@H](CO)[C@@H](O)[C@H](O)[C@H]1O. The zero-order valence-electron chi connectivity index (χ0n) is 15.8. The van der Waals surface area contributed by atoms with Crippen LogP contribution < -0.4 is 14.9 Å². The zero-order chi connectivity index (χ0) is 21.6. The summed E-state index contributed by atoms with van der Waals surface area (Å²) in [6.45, 7) is -0.607. The molecule has 3 aromatic rings. The van der Waals surface area contributed by atoms with Gasteiger partial charge < -0.3 is 44.2 Å². The molecule has 0 spiro atoms. The molecule has 0 radical (unpaired) electrons. The van der Waals surface area contributed by atoms with Crippen molar-refractivity contribution in [2.75, 3.05) is 13.7 Å². The third-order valence-electron chi connectivity index (χ3n) is 5.05. The van der Waals surface area contributed by atoms with Gasteiger partial charge >= 0.3 is 0 Å². The Labute approximate surface area is 169 Å². The van der Waals surface area contributed by atoms with Gasteiger partial charge in [-0.2, -0.15) is 0 Å². The summed E-state index contributed by atoms with van der Waals surface area (Å²) < 4.78 is 22.0. The highest BCUT2D eigenvalue weighted by molar-refractivity contribution is 5.94. The van der Waals surface area contributed by atoms with Crippen LogP contribution >= 0.6 is 0 Å². The first-order valence-corrected chi connectivity index (χ1v) is 9.09. The second kappa shape index (κ2) is 7.74. The van der Waals surface area contributed by atoms with Gasteiger partial charge in [0.05, 0.1) is 19.1 Å². The number of hydrogen-bond acceptors (Lipinski definition) is 10. The van der Waals surface area contributed by atoms with Crippen LogP contribution in [0, 0.1) is 0 Å². The van der Waals surface area contributed by atoms with Gasteiger partial charge in [0.25, 0.3) is 0 Å². The third-order valence-corrected chi connectivity index (χ3v) is 5.05. The van der Waals surface area contributed by atoms with Gasteiger partial charge in [0.1, 0.15) is 46.7 Å². The van der Waals surface area contributed by atoms with E-state index in [0.717, 1.165) is 0 Å². The first kappa shape index (κ1) is 20.4. The molecule has 5 atom stereocenters. The Balaban J connectivity index is 1.79. The van der Waals surface area contributed by atoms with E-state index in [1.807, 2.05) is 0 Å². The molecule has 0 aliphatic carbocycles. The van der Waals surface area contributed by atoms with Gasteiger partial charge in [-0.1, -0.05) is 6.07 Å². The van der Waals surface area contributed by atoms with E-state index in [9.17, 15) is 30.3 Å². The number of rotatable bonds is 4. The molecule has 1 aromatic heterocycles. The minimum atomic E-state index is -1.62. The average molecular weight is 420 g/mol. The number of benzene rings is 2. The molecule has 1 fully saturated rings. The molecule has 2 heterocycles. The van der Waals surface area contributed by atoms with E-state index < -0.39 is 42.7 Å². The Morgan fingerprint density at radius 2 is 1.80 bits per heavy atom. The van der Waals surface area contributed by atoms with Crippen molar-refractivity contribution in [1.82, 2.24) is 0 Å². The lowest BCUT2D eigenvalue weighted by molar-refractivity contribution is -0.277. The molecular weight excluding hydrogens is 400 g/mol. The minimum absolute atomic E-state index is 0.0228. The van der Waals surface area contributed by atoms with Crippen molar-refractivity contribution in [2.24, 2.45) is 0 Å². The Hall–Kier alpha value is -2.89. The van der Waals surface area contributed by atoms with Gasteiger partial charge in [-0.05, 0) is 18.2 Å². The fraction of sp³-hybridized carbons (Fsp3) is 0.350. The van der Waals surface area contributed by atoms with Crippen molar-refractivity contribution in [1.29, 1.82) is 0 Å². The van der Waals surface area contributed by atoms with Gasteiger partial charge in [0, 0.05) is 6.07 Å². The quantitative estimate of drug-likeness (QED) is 0.359. The van der Waals surface area contributed by atoms with E-state index in [1.54, 1.807) is 0 Å². The molecule has 0 bridgehead atoms. The summed E-state index contributed by atoms with van der Waals surface area (Å²) in [6, 6.07) is 7.13. The summed E-state index contributed by atoms with van der Waals surface area (Å²) >= 11 is 0. The fourth-order valence-corrected chi connectivity index (χ4v) is 3.43. The van der Waals surface area contributed by atoms with Gasteiger partial charge in [0.2, 0.25) is 11.7 Å². The predicted octanol–water partition coefficient (Wildman–Crippen LogP) is -0.161. The molecule has 5 N–H and O–H groups in total. The minimum Gasteiger partial charge on any atom is -0.507 e. The largest absolute Gasteiger partial charge is 0.507 e. The van der Waals surface area contributed by atoms with Gasteiger partial charge in [-0.3, -0.25) is 4.79 Å². The number of phenolic OH excluding ortho intramolecular Hbond substituents is 1. The van der Waals surface area contributed by atoms with Crippen molar-refractivity contribution < 1.29 is 44.2 Å². The third kappa shape index (κ3) is 3.24. The number of methoxy groups -OCH3 is 1. The summed E-state index contributed by atoms with van der Waals surface area (Å²) in [6.07, 6.45) is -7.35. The molecule has 0 saturated carbocycles. The van der Waals surface area contributed by atoms with Crippen LogP contribution in [0.2, 0.25) is 0 Å². The first-order valence-electron chi connectivity index (χ1n) is 9.09. The first-order chi connectivity index (χ1) is 14.3. The van der Waals surface area contributed by atoms with E-state index in [2.05, 4.69) is 0 Å². The molecule has 4 rings (SSSR count). The standard InChI is InChI=1S/C20H20O10/c1-27-12-5-8-11(28-10-4-2-3-9(22)15(10)16(8)23)6-13(12)29-20-19(26)18(25)17(24)14(7-21)30-20/h2-6,14,17-22,24-26H,7H2,1H3/t14-,17-,18+,19-,20-/m1/s1. The van der Waals surface area contributed by atoms with Gasteiger partial charge in [-0.25, -0.2) is 0 Å². The monoisotopic (exact) mass is 420 g/mol. The summed E-state index contributed by atoms with van der Waals surface area (Å²) in [7, 11) is 1.33. The van der Waals surface area contributed by atoms with E-state index in [-0.39, 0.29) is 39.2 Å². The van der Waals surface area contributed by atoms with E-state index in [0.29, 0.717) is 0 Å². The maximum Gasteiger partial charge on any atom is 0.229 e. The zero-order valence-corrected chi connectivity index (χ0v) is 15.8. The van der Waals surface area contributed by atoms with Crippen LogP contribution in [0.1, 0.15) is 0 Å². The van der Waals surface area contributed by atoms with Crippen molar-refractivity contribution in [3.8, 4) is 17.2 Å². The number of phenols is 1. The van der Waals surface area contributed by atoms with Crippen molar-refractivity contribution >= 4 is 21.9 Å². The Kier molecular flexibility index (Phi) is 5.26. The van der Waals surface area contributed by atoms with Crippen LogP contribution in [0.15, 0.2) is 39.5 Å². The van der Waals surface area contributed by atoms with Crippen LogP contribution in [-0.4, -0.2) is 70.0 Å². The van der Waals surface area contributed by atoms with E-state index >= 15 is 0 Å². The molecular formula is C20H20O10. The molecule has 1 aliphatic heterocycles. The van der Waals surface area contributed by atoms with Crippen LogP contribution in [0.3, 0.4) is 0 Å². The van der Waals surface area contributed by atoms with Crippen LogP contribution in [0.4, 0.5) is 0 Å². The van der Waals surface area contributed by atoms with Crippen LogP contribution in [-0.2, 0) is 4.74 Å².